The zero-order valence-corrected chi connectivity index (χ0v) is 10.4. The van der Waals surface area contributed by atoms with Crippen LogP contribution in [0.15, 0.2) is 18.2 Å². The summed E-state index contributed by atoms with van der Waals surface area (Å²) < 4.78 is 19.1. The monoisotopic (exact) mass is 253 g/mol. The lowest BCUT2D eigenvalue weighted by molar-refractivity contribution is -0.0389. The molecule has 2 unspecified atom stereocenters. The van der Waals surface area contributed by atoms with Crippen molar-refractivity contribution in [1.82, 2.24) is 4.90 Å². The summed E-state index contributed by atoms with van der Waals surface area (Å²) in [6.07, 6.45) is -0.0842. The third-order valence-electron chi connectivity index (χ3n) is 3.07. The number of rotatable bonds is 1. The van der Waals surface area contributed by atoms with Crippen LogP contribution in [0, 0.1) is 5.82 Å². The molecule has 1 aliphatic rings. The molecule has 1 aliphatic heterocycles. The summed E-state index contributed by atoms with van der Waals surface area (Å²) in [5, 5.41) is 9.63. The van der Waals surface area contributed by atoms with Crippen molar-refractivity contribution in [3.05, 3.63) is 29.6 Å². The molecule has 1 aromatic rings. The minimum Gasteiger partial charge on any atom is -0.507 e. The van der Waals surface area contributed by atoms with E-state index in [1.165, 1.54) is 23.1 Å². The van der Waals surface area contributed by atoms with E-state index < -0.39 is 11.7 Å². The van der Waals surface area contributed by atoms with E-state index in [4.69, 9.17) is 4.74 Å². The minimum atomic E-state index is -0.702. The second kappa shape index (κ2) is 4.94. The van der Waals surface area contributed by atoms with Crippen LogP contribution in [0.2, 0.25) is 0 Å². The summed E-state index contributed by atoms with van der Waals surface area (Å²) >= 11 is 0. The number of halogens is 1. The van der Waals surface area contributed by atoms with Crippen molar-refractivity contribution in [2.75, 3.05) is 13.2 Å². The molecular formula is C13H16FNO3. The van der Waals surface area contributed by atoms with Gasteiger partial charge in [0.15, 0.2) is 0 Å². The van der Waals surface area contributed by atoms with Crippen molar-refractivity contribution in [1.29, 1.82) is 0 Å². The van der Waals surface area contributed by atoms with Crippen molar-refractivity contribution in [3.8, 4) is 5.75 Å². The molecule has 2 rings (SSSR count). The normalized spacial score (nSPS) is 24.1. The Morgan fingerprint density at radius 3 is 2.89 bits per heavy atom. The molecule has 2 atom stereocenters. The fourth-order valence-corrected chi connectivity index (χ4v) is 2.05. The maximum Gasteiger partial charge on any atom is 0.261 e. The Kier molecular flexibility index (Phi) is 3.52. The van der Waals surface area contributed by atoms with Crippen LogP contribution in [0.5, 0.6) is 5.75 Å². The number of morpholine rings is 1. The predicted octanol–water partition coefficient (Wildman–Crippen LogP) is 1.78. The largest absolute Gasteiger partial charge is 0.507 e. The lowest BCUT2D eigenvalue weighted by atomic mass is 10.1. The van der Waals surface area contributed by atoms with E-state index >= 15 is 0 Å². The number of hydrogen-bond donors (Lipinski definition) is 1. The molecule has 0 bridgehead atoms. The lowest BCUT2D eigenvalue weighted by Gasteiger charge is -2.36. The maximum absolute atomic E-state index is 13.6. The number of carbonyl (C=O) groups is 1. The van der Waals surface area contributed by atoms with Crippen molar-refractivity contribution >= 4 is 5.91 Å². The lowest BCUT2D eigenvalue weighted by Crippen LogP contribution is -2.50. The summed E-state index contributed by atoms with van der Waals surface area (Å²) in [4.78, 5) is 13.8. The SMILES string of the molecule is CC1CN(C(=O)c2c(O)cccc2F)C(C)CO1. The van der Waals surface area contributed by atoms with Crippen LogP contribution in [0.3, 0.4) is 0 Å². The smallest absolute Gasteiger partial charge is 0.261 e. The quantitative estimate of drug-likeness (QED) is 0.830. The highest BCUT2D eigenvalue weighted by atomic mass is 19.1. The number of aromatic hydroxyl groups is 1. The van der Waals surface area contributed by atoms with Crippen LogP contribution in [-0.2, 0) is 4.74 Å². The Hall–Kier alpha value is -1.62. The van der Waals surface area contributed by atoms with Crippen LogP contribution in [0.4, 0.5) is 4.39 Å². The predicted molar refractivity (Wildman–Crippen MR) is 64.0 cm³/mol. The van der Waals surface area contributed by atoms with Crippen LogP contribution in [0.25, 0.3) is 0 Å². The summed E-state index contributed by atoms with van der Waals surface area (Å²) in [7, 11) is 0. The Bertz CT molecular complexity index is 443. The molecule has 0 aliphatic carbocycles. The van der Waals surface area contributed by atoms with Crippen molar-refractivity contribution in [2.45, 2.75) is 26.0 Å². The fourth-order valence-electron chi connectivity index (χ4n) is 2.05. The first-order valence-corrected chi connectivity index (χ1v) is 5.90. The standard InChI is InChI=1S/C13H16FNO3/c1-8-7-18-9(2)6-15(8)13(17)12-10(14)4-3-5-11(12)16/h3-5,8-9,16H,6-7H2,1-2H3. The summed E-state index contributed by atoms with van der Waals surface area (Å²) in [5.41, 5.74) is -0.265. The minimum absolute atomic E-state index is 0.0842. The highest BCUT2D eigenvalue weighted by Crippen LogP contribution is 2.24. The molecule has 98 valence electrons. The molecule has 0 aromatic heterocycles. The van der Waals surface area contributed by atoms with Crippen molar-refractivity contribution in [3.63, 3.8) is 0 Å². The first-order chi connectivity index (χ1) is 8.50. The molecule has 4 nitrogen and oxygen atoms in total. The van der Waals surface area contributed by atoms with E-state index in [-0.39, 0.29) is 23.5 Å². The van der Waals surface area contributed by atoms with E-state index in [2.05, 4.69) is 0 Å². The van der Waals surface area contributed by atoms with Crippen molar-refractivity contribution in [2.24, 2.45) is 0 Å². The molecule has 1 heterocycles. The first kappa shape index (κ1) is 12.8. The number of phenolic OH excluding ortho intramolecular Hbond substituents is 1. The van der Waals surface area contributed by atoms with Gasteiger partial charge in [-0.25, -0.2) is 4.39 Å². The van der Waals surface area contributed by atoms with E-state index in [0.717, 1.165) is 0 Å². The molecule has 0 saturated carbocycles. The van der Waals surface area contributed by atoms with Gasteiger partial charge in [0.1, 0.15) is 17.1 Å². The van der Waals surface area contributed by atoms with Crippen molar-refractivity contribution < 1.29 is 19.0 Å². The van der Waals surface area contributed by atoms with Gasteiger partial charge in [0.25, 0.3) is 5.91 Å². The highest BCUT2D eigenvalue weighted by molar-refractivity contribution is 5.97. The number of ether oxygens (including phenoxy) is 1. The highest BCUT2D eigenvalue weighted by Gasteiger charge is 2.31. The molecule has 18 heavy (non-hydrogen) atoms. The van der Waals surface area contributed by atoms with Gasteiger partial charge in [-0.15, -0.1) is 0 Å². The zero-order valence-electron chi connectivity index (χ0n) is 10.4. The van der Waals surface area contributed by atoms with Gasteiger partial charge in [-0.1, -0.05) is 6.07 Å². The third kappa shape index (κ3) is 2.31. The van der Waals surface area contributed by atoms with Gasteiger partial charge >= 0.3 is 0 Å². The molecule has 1 aromatic carbocycles. The first-order valence-electron chi connectivity index (χ1n) is 5.90. The summed E-state index contributed by atoms with van der Waals surface area (Å²) in [6, 6.07) is 3.71. The number of phenols is 1. The number of amides is 1. The van der Waals surface area contributed by atoms with Gasteiger partial charge in [0.05, 0.1) is 18.8 Å². The molecule has 0 radical (unpaired) electrons. The summed E-state index contributed by atoms with van der Waals surface area (Å²) in [6.45, 7) is 4.50. The van der Waals surface area contributed by atoms with Crippen LogP contribution in [-0.4, -0.2) is 41.2 Å². The van der Waals surface area contributed by atoms with E-state index in [1.807, 2.05) is 13.8 Å². The molecule has 5 heteroatoms. The Balaban J connectivity index is 2.30. The molecule has 1 amide bonds. The Labute approximate surface area is 105 Å². The van der Waals surface area contributed by atoms with Gasteiger partial charge in [-0.3, -0.25) is 4.79 Å². The topological polar surface area (TPSA) is 49.8 Å². The molecular weight excluding hydrogens is 237 g/mol. The van der Waals surface area contributed by atoms with Crippen LogP contribution < -0.4 is 0 Å². The Morgan fingerprint density at radius 1 is 1.50 bits per heavy atom. The van der Waals surface area contributed by atoms with Gasteiger partial charge in [0, 0.05) is 6.54 Å². The van der Waals surface area contributed by atoms with E-state index in [0.29, 0.717) is 13.2 Å². The second-order valence-electron chi connectivity index (χ2n) is 4.58. The average molecular weight is 253 g/mol. The average Bonchev–Trinajstić information content (AvgIpc) is 2.32. The van der Waals surface area contributed by atoms with Crippen LogP contribution >= 0.6 is 0 Å². The second-order valence-corrected chi connectivity index (χ2v) is 4.58. The summed E-state index contributed by atoms with van der Waals surface area (Å²) in [5.74, 6) is -1.52. The van der Waals surface area contributed by atoms with Crippen LogP contribution in [0.1, 0.15) is 24.2 Å². The van der Waals surface area contributed by atoms with Gasteiger partial charge in [-0.2, -0.15) is 0 Å². The van der Waals surface area contributed by atoms with E-state index in [9.17, 15) is 14.3 Å². The molecule has 0 spiro atoms. The fraction of sp³-hybridized carbons (Fsp3) is 0.462. The number of carbonyl (C=O) groups excluding carboxylic acids is 1. The number of benzene rings is 1. The molecule has 1 N–H and O–H groups in total. The van der Waals surface area contributed by atoms with E-state index in [1.54, 1.807) is 0 Å². The van der Waals surface area contributed by atoms with Gasteiger partial charge in [0.2, 0.25) is 0 Å². The number of hydrogen-bond acceptors (Lipinski definition) is 3. The number of nitrogens with zero attached hydrogens (tertiary/aromatic N) is 1. The Morgan fingerprint density at radius 2 is 2.22 bits per heavy atom. The third-order valence-corrected chi connectivity index (χ3v) is 3.07. The van der Waals surface area contributed by atoms with Gasteiger partial charge < -0.3 is 14.7 Å². The molecule has 1 saturated heterocycles. The maximum atomic E-state index is 13.6. The van der Waals surface area contributed by atoms with Gasteiger partial charge in [-0.05, 0) is 26.0 Å². The molecule has 1 fully saturated rings. The zero-order chi connectivity index (χ0) is 13.3.